The Morgan fingerprint density at radius 3 is 2.14 bits per heavy atom. The fraction of sp³-hybridized carbons (Fsp3) is 0.423. The van der Waals surface area contributed by atoms with E-state index in [1.807, 2.05) is 23.1 Å². The number of aliphatic imine (C=N–C) groups is 1. The van der Waals surface area contributed by atoms with Crippen LogP contribution in [0.1, 0.15) is 18.5 Å². The highest BCUT2D eigenvalue weighted by molar-refractivity contribution is 6.08. The van der Waals surface area contributed by atoms with Gasteiger partial charge in [-0.2, -0.15) is 0 Å². The van der Waals surface area contributed by atoms with Gasteiger partial charge < -0.3 is 28.7 Å². The first-order valence-corrected chi connectivity index (χ1v) is 11.9. The van der Waals surface area contributed by atoms with E-state index in [0.29, 0.717) is 41.9 Å². The zero-order valence-electron chi connectivity index (χ0n) is 21.0. The molecule has 0 spiro atoms. The Morgan fingerprint density at radius 1 is 0.972 bits per heavy atom. The Morgan fingerprint density at radius 2 is 1.58 bits per heavy atom. The highest BCUT2D eigenvalue weighted by atomic mass is 16.5. The van der Waals surface area contributed by atoms with E-state index in [2.05, 4.69) is 22.3 Å². The minimum atomic E-state index is -1.15. The van der Waals surface area contributed by atoms with Gasteiger partial charge in [-0.15, -0.1) is 0 Å². The first kappa shape index (κ1) is 25.2. The molecule has 0 aromatic heterocycles. The van der Waals surface area contributed by atoms with Crippen molar-refractivity contribution < 1.29 is 28.5 Å². The minimum absolute atomic E-state index is 0.155. The second-order valence-electron chi connectivity index (χ2n) is 8.38. The van der Waals surface area contributed by atoms with Crippen LogP contribution >= 0.6 is 0 Å². The first-order valence-electron chi connectivity index (χ1n) is 11.9. The van der Waals surface area contributed by atoms with Gasteiger partial charge in [0.25, 0.3) is 0 Å². The lowest BCUT2D eigenvalue weighted by molar-refractivity contribution is -0.153. The third-order valence-corrected chi connectivity index (χ3v) is 6.36. The molecule has 2 aliphatic rings. The van der Waals surface area contributed by atoms with Crippen LogP contribution in [0.5, 0.6) is 17.2 Å². The molecule has 1 amide bonds. The number of para-hydroxylation sites is 1. The van der Waals surface area contributed by atoms with Gasteiger partial charge in [0.2, 0.25) is 17.6 Å². The number of carbonyl (C=O) groups is 2. The Balaban J connectivity index is 1.67. The Labute approximate surface area is 210 Å². The number of ether oxygens (including phenoxy) is 4. The molecule has 4 rings (SSSR count). The molecule has 1 saturated heterocycles. The SMILES string of the molecule is CCOC(=O)[C@H]1C(=O)NC(N2CCN(c3ccccc3)CC2)=N[C@@H]1c1cc(OC)c(OC)c(OC)c1. The molecule has 1 fully saturated rings. The van der Waals surface area contributed by atoms with Crippen LogP contribution < -0.4 is 24.4 Å². The fourth-order valence-electron chi connectivity index (χ4n) is 4.55. The van der Waals surface area contributed by atoms with Crippen LogP contribution in [-0.4, -0.2) is 76.9 Å². The van der Waals surface area contributed by atoms with Crippen LogP contribution in [-0.2, 0) is 14.3 Å². The molecule has 2 atom stereocenters. The topological polar surface area (TPSA) is 102 Å². The largest absolute Gasteiger partial charge is 0.493 e. The van der Waals surface area contributed by atoms with Crippen molar-refractivity contribution in [1.29, 1.82) is 0 Å². The Kier molecular flexibility index (Phi) is 7.82. The molecule has 2 heterocycles. The van der Waals surface area contributed by atoms with E-state index in [9.17, 15) is 9.59 Å². The van der Waals surface area contributed by atoms with E-state index in [1.54, 1.807) is 19.1 Å². The summed E-state index contributed by atoms with van der Waals surface area (Å²) in [6.07, 6.45) is 0. The molecule has 0 saturated carbocycles. The highest BCUT2D eigenvalue weighted by Gasteiger charge is 2.43. The molecule has 0 bridgehead atoms. The number of hydrogen-bond acceptors (Lipinski definition) is 9. The first-order chi connectivity index (χ1) is 17.5. The summed E-state index contributed by atoms with van der Waals surface area (Å²) in [4.78, 5) is 35.3. The zero-order valence-corrected chi connectivity index (χ0v) is 21.0. The number of esters is 1. The normalized spacial score (nSPS) is 19.8. The van der Waals surface area contributed by atoms with Crippen molar-refractivity contribution in [2.45, 2.75) is 13.0 Å². The van der Waals surface area contributed by atoms with E-state index in [-0.39, 0.29) is 6.61 Å². The Hall–Kier alpha value is -3.95. The van der Waals surface area contributed by atoms with Crippen LogP contribution in [0.2, 0.25) is 0 Å². The highest BCUT2D eigenvalue weighted by Crippen LogP contribution is 2.42. The number of rotatable bonds is 7. The maximum atomic E-state index is 13.2. The summed E-state index contributed by atoms with van der Waals surface area (Å²) in [6.45, 7) is 4.74. The third-order valence-electron chi connectivity index (χ3n) is 6.36. The lowest BCUT2D eigenvalue weighted by Gasteiger charge is -2.39. The zero-order chi connectivity index (χ0) is 25.7. The van der Waals surface area contributed by atoms with Gasteiger partial charge in [0.15, 0.2) is 17.4 Å². The maximum Gasteiger partial charge on any atom is 0.321 e. The number of nitrogens with one attached hydrogen (secondary N) is 1. The molecule has 10 nitrogen and oxygen atoms in total. The number of guanidine groups is 1. The summed E-state index contributed by atoms with van der Waals surface area (Å²) in [5.74, 6) is -0.567. The van der Waals surface area contributed by atoms with Gasteiger partial charge >= 0.3 is 5.97 Å². The smallest absolute Gasteiger partial charge is 0.321 e. The van der Waals surface area contributed by atoms with E-state index >= 15 is 0 Å². The lowest BCUT2D eigenvalue weighted by Crippen LogP contribution is -2.57. The molecular formula is C26H32N4O6. The fourth-order valence-corrected chi connectivity index (χ4v) is 4.55. The van der Waals surface area contributed by atoms with Crippen molar-refractivity contribution in [3.05, 3.63) is 48.0 Å². The van der Waals surface area contributed by atoms with E-state index in [1.165, 1.54) is 21.3 Å². The number of nitrogens with zero attached hydrogens (tertiary/aromatic N) is 3. The van der Waals surface area contributed by atoms with Crippen LogP contribution in [0.4, 0.5) is 5.69 Å². The standard InChI is InChI=1S/C26H32N4O6/c1-5-36-25(32)21-22(17-15-19(33-2)23(35-4)20(16-17)34-3)27-26(28-24(21)31)30-13-11-29(12-14-30)18-9-7-6-8-10-18/h6-10,15-16,21-22H,5,11-14H2,1-4H3,(H,27,28,31)/t21-,22-/m1/s1. The van der Waals surface area contributed by atoms with E-state index in [0.717, 1.165) is 18.8 Å². The van der Waals surface area contributed by atoms with Gasteiger partial charge in [-0.1, -0.05) is 18.2 Å². The molecule has 2 aromatic carbocycles. The summed E-state index contributed by atoms with van der Waals surface area (Å²) in [5, 5.41) is 2.84. The molecule has 0 unspecified atom stereocenters. The van der Waals surface area contributed by atoms with Crippen molar-refractivity contribution in [2.24, 2.45) is 10.9 Å². The van der Waals surface area contributed by atoms with Crippen LogP contribution in [0.15, 0.2) is 47.5 Å². The number of anilines is 1. The molecule has 192 valence electrons. The average Bonchev–Trinajstić information content (AvgIpc) is 2.92. The summed E-state index contributed by atoms with van der Waals surface area (Å²) >= 11 is 0. The van der Waals surface area contributed by atoms with Crippen LogP contribution in [0.3, 0.4) is 0 Å². The summed E-state index contributed by atoms with van der Waals surface area (Å²) in [7, 11) is 4.54. The number of piperazine rings is 1. The third kappa shape index (κ3) is 5.02. The van der Waals surface area contributed by atoms with Crippen molar-refractivity contribution in [3.8, 4) is 17.2 Å². The van der Waals surface area contributed by atoms with Gasteiger partial charge in [-0.05, 0) is 36.8 Å². The average molecular weight is 497 g/mol. The van der Waals surface area contributed by atoms with Crippen molar-refractivity contribution in [2.75, 3.05) is 59.0 Å². The summed E-state index contributed by atoms with van der Waals surface area (Å²) in [5.41, 5.74) is 1.74. The quantitative estimate of drug-likeness (QED) is 0.460. The predicted molar refractivity (Wildman–Crippen MR) is 135 cm³/mol. The van der Waals surface area contributed by atoms with Gasteiger partial charge in [0, 0.05) is 31.9 Å². The molecule has 0 radical (unpaired) electrons. The summed E-state index contributed by atoms with van der Waals surface area (Å²) < 4.78 is 21.6. The maximum absolute atomic E-state index is 13.2. The number of amides is 1. The number of methoxy groups -OCH3 is 3. The molecule has 36 heavy (non-hydrogen) atoms. The molecule has 10 heteroatoms. The number of carbonyl (C=O) groups excluding carboxylic acids is 2. The van der Waals surface area contributed by atoms with Gasteiger partial charge in [-0.3, -0.25) is 14.9 Å². The van der Waals surface area contributed by atoms with Gasteiger partial charge in [-0.25, -0.2) is 4.99 Å². The van der Waals surface area contributed by atoms with Crippen molar-refractivity contribution >= 4 is 23.5 Å². The second kappa shape index (κ2) is 11.2. The number of hydrogen-bond donors (Lipinski definition) is 1. The summed E-state index contributed by atoms with van der Waals surface area (Å²) in [6, 6.07) is 12.8. The molecule has 1 N–H and O–H groups in total. The van der Waals surface area contributed by atoms with Gasteiger partial charge in [0.1, 0.15) is 6.04 Å². The van der Waals surface area contributed by atoms with Gasteiger partial charge in [0.05, 0.1) is 27.9 Å². The minimum Gasteiger partial charge on any atom is -0.493 e. The van der Waals surface area contributed by atoms with Crippen LogP contribution in [0.25, 0.3) is 0 Å². The monoisotopic (exact) mass is 496 g/mol. The number of benzene rings is 2. The molecule has 2 aliphatic heterocycles. The van der Waals surface area contributed by atoms with Crippen molar-refractivity contribution in [3.63, 3.8) is 0 Å². The van der Waals surface area contributed by atoms with E-state index < -0.39 is 23.8 Å². The van der Waals surface area contributed by atoms with Crippen LogP contribution in [0, 0.1) is 5.92 Å². The Bertz CT molecular complexity index is 1090. The molecule has 2 aromatic rings. The molecule has 0 aliphatic carbocycles. The molecular weight excluding hydrogens is 464 g/mol. The van der Waals surface area contributed by atoms with Crippen molar-refractivity contribution in [1.82, 2.24) is 10.2 Å². The van der Waals surface area contributed by atoms with E-state index in [4.69, 9.17) is 23.9 Å². The lowest BCUT2D eigenvalue weighted by atomic mass is 9.90. The second-order valence-corrected chi connectivity index (χ2v) is 8.38. The predicted octanol–water partition coefficient (Wildman–Crippen LogP) is 2.24.